The van der Waals surface area contributed by atoms with Gasteiger partial charge in [-0.2, -0.15) is 0 Å². The Kier molecular flexibility index (Phi) is 13.3. The van der Waals surface area contributed by atoms with Crippen LogP contribution in [0.2, 0.25) is 0 Å². The summed E-state index contributed by atoms with van der Waals surface area (Å²) < 4.78 is 16.7. The topological polar surface area (TPSA) is 55.3 Å². The first-order valence-corrected chi connectivity index (χ1v) is 10.0. The van der Waals surface area contributed by atoms with Crippen LogP contribution in [-0.2, 0) is 16.0 Å². The van der Waals surface area contributed by atoms with Crippen LogP contribution in [0.5, 0.6) is 5.75 Å². The molecule has 1 aromatic rings. The zero-order valence-electron chi connectivity index (χ0n) is 17.5. The van der Waals surface area contributed by atoms with Gasteiger partial charge in [-0.1, -0.05) is 19.1 Å². The normalized spacial score (nSPS) is 15.2. The highest BCUT2D eigenvalue weighted by atomic mass is 127. The molecular formula is C21H36IN3O3. The third-order valence-corrected chi connectivity index (χ3v) is 4.62. The number of ether oxygens (including phenoxy) is 3. The predicted octanol–water partition coefficient (Wildman–Crippen LogP) is 3.69. The van der Waals surface area contributed by atoms with Crippen LogP contribution in [0.15, 0.2) is 29.3 Å². The third-order valence-electron chi connectivity index (χ3n) is 4.62. The van der Waals surface area contributed by atoms with Crippen molar-refractivity contribution in [2.24, 2.45) is 4.99 Å². The number of methoxy groups -OCH3 is 1. The molecule has 0 unspecified atom stereocenters. The van der Waals surface area contributed by atoms with Gasteiger partial charge in [0, 0.05) is 47.0 Å². The average molecular weight is 505 g/mol. The van der Waals surface area contributed by atoms with Crippen LogP contribution in [0.1, 0.15) is 38.2 Å². The summed E-state index contributed by atoms with van der Waals surface area (Å²) in [6.07, 6.45) is 4.40. The summed E-state index contributed by atoms with van der Waals surface area (Å²) in [7, 11) is 3.57. The van der Waals surface area contributed by atoms with Crippen molar-refractivity contribution in [2.75, 3.05) is 47.1 Å². The summed E-state index contributed by atoms with van der Waals surface area (Å²) in [6, 6.07) is 8.25. The molecule has 1 N–H and O–H groups in total. The van der Waals surface area contributed by atoms with Gasteiger partial charge in [-0.3, -0.25) is 4.99 Å². The summed E-state index contributed by atoms with van der Waals surface area (Å²) in [5, 5.41) is 3.48. The van der Waals surface area contributed by atoms with Crippen molar-refractivity contribution in [1.29, 1.82) is 0 Å². The van der Waals surface area contributed by atoms with Gasteiger partial charge in [0.1, 0.15) is 5.75 Å². The van der Waals surface area contributed by atoms with Gasteiger partial charge in [-0.15, -0.1) is 24.0 Å². The van der Waals surface area contributed by atoms with E-state index >= 15 is 0 Å². The molecule has 160 valence electrons. The van der Waals surface area contributed by atoms with Crippen molar-refractivity contribution in [3.8, 4) is 5.75 Å². The average Bonchev–Trinajstić information content (AvgIpc) is 2.71. The highest BCUT2D eigenvalue weighted by Crippen LogP contribution is 2.16. The molecular weight excluding hydrogens is 469 g/mol. The first kappa shape index (κ1) is 25.0. The van der Waals surface area contributed by atoms with Crippen LogP contribution >= 0.6 is 24.0 Å². The molecule has 6 nitrogen and oxygen atoms in total. The van der Waals surface area contributed by atoms with E-state index in [9.17, 15) is 0 Å². The fourth-order valence-corrected chi connectivity index (χ4v) is 3.17. The molecule has 2 rings (SSSR count). The highest BCUT2D eigenvalue weighted by Gasteiger charge is 2.21. The zero-order valence-corrected chi connectivity index (χ0v) is 19.8. The Morgan fingerprint density at radius 1 is 1.21 bits per heavy atom. The molecule has 28 heavy (non-hydrogen) atoms. The number of likely N-dealkylation sites (tertiary alicyclic amines) is 1. The molecule has 0 bridgehead atoms. The first-order chi connectivity index (χ1) is 13.3. The molecule has 1 aliphatic heterocycles. The van der Waals surface area contributed by atoms with E-state index in [0.29, 0.717) is 6.10 Å². The van der Waals surface area contributed by atoms with E-state index in [0.717, 1.165) is 76.8 Å². The molecule has 0 radical (unpaired) electrons. The van der Waals surface area contributed by atoms with Crippen LogP contribution in [-0.4, -0.2) is 64.0 Å². The van der Waals surface area contributed by atoms with Crippen LogP contribution in [0.3, 0.4) is 0 Å². The number of nitrogens with zero attached hydrogens (tertiary/aromatic N) is 2. The number of hydrogen-bond donors (Lipinski definition) is 1. The smallest absolute Gasteiger partial charge is 0.193 e. The number of guanidine groups is 1. The molecule has 0 saturated carbocycles. The molecule has 0 atom stereocenters. The Labute approximate surface area is 187 Å². The highest BCUT2D eigenvalue weighted by molar-refractivity contribution is 14.0. The quantitative estimate of drug-likeness (QED) is 0.228. The fraction of sp³-hybridized carbons (Fsp3) is 0.667. The summed E-state index contributed by atoms with van der Waals surface area (Å²) in [6.45, 7) is 7.08. The minimum atomic E-state index is 0. The maximum Gasteiger partial charge on any atom is 0.193 e. The van der Waals surface area contributed by atoms with Gasteiger partial charge >= 0.3 is 0 Å². The Hall–Kier alpha value is -1.06. The summed E-state index contributed by atoms with van der Waals surface area (Å²) in [5.74, 6) is 1.88. The van der Waals surface area contributed by atoms with Crippen molar-refractivity contribution in [3.05, 3.63) is 29.8 Å². The maximum absolute atomic E-state index is 5.94. The summed E-state index contributed by atoms with van der Waals surface area (Å²) in [4.78, 5) is 6.77. The van der Waals surface area contributed by atoms with Crippen LogP contribution in [0.25, 0.3) is 0 Å². The van der Waals surface area contributed by atoms with E-state index < -0.39 is 0 Å². The number of benzene rings is 1. The zero-order chi connectivity index (χ0) is 19.3. The molecule has 0 aromatic heterocycles. The second-order valence-corrected chi connectivity index (χ2v) is 6.80. The second kappa shape index (κ2) is 14.9. The van der Waals surface area contributed by atoms with E-state index in [2.05, 4.69) is 34.3 Å². The van der Waals surface area contributed by atoms with Crippen molar-refractivity contribution in [3.63, 3.8) is 0 Å². The minimum Gasteiger partial charge on any atom is -0.494 e. The SMILES string of the molecule is CCCOc1cccc(CNC(=NC)N2CCC(OCCCOC)CC2)c1.I. The Morgan fingerprint density at radius 2 is 2.00 bits per heavy atom. The van der Waals surface area contributed by atoms with E-state index in [4.69, 9.17) is 14.2 Å². The van der Waals surface area contributed by atoms with Crippen molar-refractivity contribution < 1.29 is 14.2 Å². The van der Waals surface area contributed by atoms with Gasteiger partial charge in [0.05, 0.1) is 12.7 Å². The van der Waals surface area contributed by atoms with Gasteiger partial charge in [0.2, 0.25) is 0 Å². The fourth-order valence-electron chi connectivity index (χ4n) is 3.17. The number of rotatable bonds is 10. The lowest BCUT2D eigenvalue weighted by atomic mass is 10.1. The third kappa shape index (κ3) is 8.96. The van der Waals surface area contributed by atoms with Crippen molar-refractivity contribution >= 4 is 29.9 Å². The van der Waals surface area contributed by atoms with Gasteiger partial charge in [0.25, 0.3) is 0 Å². The number of aliphatic imine (C=N–C) groups is 1. The molecule has 0 spiro atoms. The summed E-state index contributed by atoms with van der Waals surface area (Å²) in [5.41, 5.74) is 1.20. The molecule has 1 fully saturated rings. The Balaban J connectivity index is 0.00000392. The van der Waals surface area contributed by atoms with Gasteiger partial charge < -0.3 is 24.4 Å². The molecule has 1 saturated heterocycles. The summed E-state index contributed by atoms with van der Waals surface area (Å²) >= 11 is 0. The van der Waals surface area contributed by atoms with E-state index in [1.54, 1.807) is 7.11 Å². The van der Waals surface area contributed by atoms with E-state index in [1.807, 2.05) is 19.2 Å². The number of hydrogen-bond acceptors (Lipinski definition) is 4. The predicted molar refractivity (Wildman–Crippen MR) is 125 cm³/mol. The lowest BCUT2D eigenvalue weighted by molar-refractivity contribution is 0.00989. The molecule has 1 aromatic carbocycles. The van der Waals surface area contributed by atoms with Gasteiger partial charge in [-0.25, -0.2) is 0 Å². The molecule has 0 amide bonds. The Bertz CT molecular complexity index is 564. The number of halogens is 1. The molecule has 7 heteroatoms. The van der Waals surface area contributed by atoms with Gasteiger partial charge in [0.15, 0.2) is 5.96 Å². The van der Waals surface area contributed by atoms with Crippen LogP contribution in [0.4, 0.5) is 0 Å². The minimum absolute atomic E-state index is 0. The van der Waals surface area contributed by atoms with E-state index in [1.165, 1.54) is 5.56 Å². The van der Waals surface area contributed by atoms with Crippen molar-refractivity contribution in [1.82, 2.24) is 10.2 Å². The van der Waals surface area contributed by atoms with Crippen LogP contribution in [0, 0.1) is 0 Å². The molecule has 1 aliphatic rings. The standard InChI is InChI=1S/C21H35N3O3.HI/c1-4-13-26-20-8-5-7-18(16-20)17-23-21(22-2)24-11-9-19(10-12-24)27-15-6-14-25-3;/h5,7-8,16,19H,4,6,9-15,17H2,1-3H3,(H,22,23);1H. The van der Waals surface area contributed by atoms with Crippen LogP contribution < -0.4 is 10.1 Å². The molecule has 1 heterocycles. The van der Waals surface area contributed by atoms with E-state index in [-0.39, 0.29) is 24.0 Å². The van der Waals surface area contributed by atoms with Gasteiger partial charge in [-0.05, 0) is 43.4 Å². The maximum atomic E-state index is 5.94. The first-order valence-electron chi connectivity index (χ1n) is 10.0. The monoisotopic (exact) mass is 505 g/mol. The lowest BCUT2D eigenvalue weighted by Crippen LogP contribution is -2.46. The Morgan fingerprint density at radius 3 is 2.68 bits per heavy atom. The van der Waals surface area contributed by atoms with Crippen molar-refractivity contribution in [2.45, 2.75) is 45.3 Å². The molecule has 0 aliphatic carbocycles. The second-order valence-electron chi connectivity index (χ2n) is 6.80. The lowest BCUT2D eigenvalue weighted by Gasteiger charge is -2.34. The number of nitrogens with one attached hydrogen (secondary N) is 1. The number of piperidine rings is 1. The largest absolute Gasteiger partial charge is 0.494 e.